The van der Waals surface area contributed by atoms with Crippen LogP contribution in [0.5, 0.6) is 0 Å². The number of nitrogens with zero attached hydrogens (tertiary/aromatic N) is 3. The van der Waals surface area contributed by atoms with Crippen LogP contribution in [-0.4, -0.2) is 19.5 Å². The molecule has 0 unspecified atom stereocenters. The fourth-order valence-electron chi connectivity index (χ4n) is 1.50. The summed E-state index contributed by atoms with van der Waals surface area (Å²) in [4.78, 5) is 20.8. The van der Waals surface area contributed by atoms with Gasteiger partial charge in [0.2, 0.25) is 0 Å². The summed E-state index contributed by atoms with van der Waals surface area (Å²) in [6, 6.07) is 0.420. The Morgan fingerprint density at radius 3 is 2.75 bits per heavy atom. The number of aromatic nitrogens is 4. The number of aryl methyl sites for hydroxylation is 1. The molecule has 0 saturated heterocycles. The summed E-state index contributed by atoms with van der Waals surface area (Å²) < 4.78 is 39.3. The Morgan fingerprint density at radius 1 is 1.40 bits per heavy atom. The molecule has 0 aliphatic carbocycles. The zero-order valence-corrected chi connectivity index (χ0v) is 10.5. The lowest BCUT2D eigenvalue weighted by molar-refractivity contribution is -0.141. The van der Waals surface area contributed by atoms with Crippen molar-refractivity contribution in [1.82, 2.24) is 19.5 Å². The van der Waals surface area contributed by atoms with Gasteiger partial charge in [-0.2, -0.15) is 13.2 Å². The first kappa shape index (κ1) is 14.0. The van der Waals surface area contributed by atoms with E-state index in [0.29, 0.717) is 11.8 Å². The Labute approximate surface area is 111 Å². The summed E-state index contributed by atoms with van der Waals surface area (Å²) in [5, 5.41) is 0. The quantitative estimate of drug-likeness (QED) is 0.939. The van der Waals surface area contributed by atoms with Crippen molar-refractivity contribution in [2.45, 2.75) is 19.6 Å². The van der Waals surface area contributed by atoms with E-state index in [0.717, 1.165) is 6.54 Å². The fraction of sp³-hybridized carbons (Fsp3) is 0.250. The van der Waals surface area contributed by atoms with Crippen LogP contribution >= 0.6 is 0 Å². The van der Waals surface area contributed by atoms with Gasteiger partial charge in [0.1, 0.15) is 5.82 Å². The summed E-state index contributed by atoms with van der Waals surface area (Å²) in [6.45, 7) is 2.67. The van der Waals surface area contributed by atoms with E-state index in [-0.39, 0.29) is 5.82 Å². The van der Waals surface area contributed by atoms with Crippen molar-refractivity contribution in [3.63, 3.8) is 0 Å². The number of hydrogen-bond acceptors (Lipinski definition) is 3. The van der Waals surface area contributed by atoms with Crippen molar-refractivity contribution < 1.29 is 13.2 Å². The lowest BCUT2D eigenvalue weighted by Gasteiger charge is -2.04. The molecule has 20 heavy (non-hydrogen) atoms. The van der Waals surface area contributed by atoms with E-state index >= 15 is 0 Å². The molecule has 0 amide bonds. The number of rotatable bonds is 3. The van der Waals surface area contributed by atoms with Crippen LogP contribution in [0.15, 0.2) is 23.4 Å². The van der Waals surface area contributed by atoms with Gasteiger partial charge in [0, 0.05) is 18.8 Å². The third-order valence-electron chi connectivity index (χ3n) is 2.48. The van der Waals surface area contributed by atoms with Crippen LogP contribution in [0.4, 0.5) is 13.2 Å². The Bertz CT molecular complexity index is 684. The molecular weight excluding hydrogens is 273 g/mol. The topological polar surface area (TPSA) is 63.6 Å². The number of imidazole rings is 1. The third-order valence-corrected chi connectivity index (χ3v) is 2.48. The summed E-state index contributed by atoms with van der Waals surface area (Å²) in [6.07, 6.45) is 1.42. The predicted octanol–water partition coefficient (Wildman–Crippen LogP) is 2.18. The highest BCUT2D eigenvalue weighted by Gasteiger charge is 2.33. The first-order valence-corrected chi connectivity index (χ1v) is 5.77. The maximum absolute atomic E-state index is 12.5. The maximum Gasteiger partial charge on any atom is 0.433 e. The van der Waals surface area contributed by atoms with Gasteiger partial charge in [0.05, 0.1) is 12.0 Å². The molecule has 2 heterocycles. The van der Waals surface area contributed by atoms with Gasteiger partial charge in [-0.05, 0) is 19.1 Å². The molecule has 0 aliphatic heterocycles. The fourth-order valence-corrected chi connectivity index (χ4v) is 1.50. The lowest BCUT2D eigenvalue weighted by atomic mass is 10.3. The van der Waals surface area contributed by atoms with Crippen LogP contribution in [0.1, 0.15) is 24.1 Å². The second-order valence-corrected chi connectivity index (χ2v) is 3.98. The van der Waals surface area contributed by atoms with Gasteiger partial charge in [-0.25, -0.2) is 9.97 Å². The van der Waals surface area contributed by atoms with Crippen LogP contribution in [0, 0.1) is 0 Å². The highest BCUT2D eigenvalue weighted by molar-refractivity contribution is 5.64. The van der Waals surface area contributed by atoms with Gasteiger partial charge in [0.25, 0.3) is 5.56 Å². The Kier molecular flexibility index (Phi) is 3.73. The van der Waals surface area contributed by atoms with Gasteiger partial charge in [-0.1, -0.05) is 0 Å². The van der Waals surface area contributed by atoms with Gasteiger partial charge >= 0.3 is 6.18 Å². The molecule has 0 radical (unpaired) electrons. The smallest absolute Gasteiger partial charge is 0.337 e. The minimum Gasteiger partial charge on any atom is -0.337 e. The number of nitrogens with one attached hydrogen (secondary N) is 1. The average Bonchev–Trinajstić information content (AvgIpc) is 2.82. The maximum atomic E-state index is 12.5. The molecule has 0 aromatic carbocycles. The Balaban J connectivity index is 2.29. The van der Waals surface area contributed by atoms with Crippen LogP contribution in [-0.2, 0) is 12.7 Å². The molecule has 0 atom stereocenters. The second-order valence-electron chi connectivity index (χ2n) is 3.98. The molecule has 2 rings (SSSR count). The van der Waals surface area contributed by atoms with Crippen molar-refractivity contribution in [1.29, 1.82) is 0 Å². The van der Waals surface area contributed by atoms with Gasteiger partial charge < -0.3 is 9.55 Å². The van der Waals surface area contributed by atoms with Crippen molar-refractivity contribution in [2.24, 2.45) is 0 Å². The summed E-state index contributed by atoms with van der Waals surface area (Å²) in [5.41, 5.74) is -1.52. The van der Waals surface area contributed by atoms with E-state index in [2.05, 4.69) is 15.0 Å². The number of aromatic amines is 1. The van der Waals surface area contributed by atoms with E-state index in [1.807, 2.05) is 11.5 Å². The highest BCUT2D eigenvalue weighted by Crippen LogP contribution is 2.26. The van der Waals surface area contributed by atoms with E-state index < -0.39 is 17.4 Å². The highest BCUT2D eigenvalue weighted by atomic mass is 19.4. The molecule has 0 spiro atoms. The normalized spacial score (nSPS) is 12.2. The van der Waals surface area contributed by atoms with Gasteiger partial charge in [-0.15, -0.1) is 0 Å². The summed E-state index contributed by atoms with van der Waals surface area (Å²) in [7, 11) is 0. The molecule has 0 bridgehead atoms. The zero-order chi connectivity index (χ0) is 14.8. The lowest BCUT2D eigenvalue weighted by Crippen LogP contribution is -2.17. The van der Waals surface area contributed by atoms with Gasteiger partial charge in [-0.3, -0.25) is 4.79 Å². The Hall–Kier alpha value is -2.38. The van der Waals surface area contributed by atoms with Gasteiger partial charge in [0.15, 0.2) is 5.69 Å². The molecule has 2 aromatic heterocycles. The molecule has 1 N–H and O–H groups in total. The molecule has 106 valence electrons. The summed E-state index contributed by atoms with van der Waals surface area (Å²) >= 11 is 0. The average molecular weight is 284 g/mol. The van der Waals surface area contributed by atoms with Crippen molar-refractivity contribution in [3.05, 3.63) is 46.2 Å². The number of alkyl halides is 3. The van der Waals surface area contributed by atoms with Crippen molar-refractivity contribution in [2.75, 3.05) is 0 Å². The standard InChI is InChI=1S/C12H11F3N4O/c1-2-19-6-8(16-7-19)3-4-10-17-9(12(13,14)15)5-11(20)18-10/h3-7H,2H2,1H3,(H,17,18,20). The van der Waals surface area contributed by atoms with Crippen LogP contribution in [0.3, 0.4) is 0 Å². The largest absolute Gasteiger partial charge is 0.433 e. The SMILES string of the molecule is CCn1cnc(C=Cc2nc(C(F)(F)F)cc(=O)[nH]2)c1. The minimum atomic E-state index is -4.65. The van der Waals surface area contributed by atoms with E-state index in [1.54, 1.807) is 12.5 Å². The van der Waals surface area contributed by atoms with Crippen LogP contribution < -0.4 is 5.56 Å². The van der Waals surface area contributed by atoms with E-state index in [4.69, 9.17) is 0 Å². The predicted molar refractivity (Wildman–Crippen MR) is 66.7 cm³/mol. The monoisotopic (exact) mass is 284 g/mol. The molecule has 5 nitrogen and oxygen atoms in total. The van der Waals surface area contributed by atoms with E-state index in [9.17, 15) is 18.0 Å². The first-order chi connectivity index (χ1) is 9.38. The molecule has 0 aliphatic rings. The van der Waals surface area contributed by atoms with Crippen molar-refractivity contribution in [3.8, 4) is 0 Å². The molecule has 2 aromatic rings. The number of H-pyrrole nitrogens is 1. The summed E-state index contributed by atoms with van der Waals surface area (Å²) in [5.74, 6) is -0.170. The third kappa shape index (κ3) is 3.34. The molecular formula is C12H11F3N4O. The second kappa shape index (κ2) is 5.32. The number of halogens is 3. The Morgan fingerprint density at radius 2 is 2.15 bits per heavy atom. The zero-order valence-electron chi connectivity index (χ0n) is 10.5. The van der Waals surface area contributed by atoms with E-state index in [1.165, 1.54) is 12.2 Å². The molecule has 0 fully saturated rings. The first-order valence-electron chi connectivity index (χ1n) is 5.77. The van der Waals surface area contributed by atoms with Crippen LogP contribution in [0.2, 0.25) is 0 Å². The number of hydrogen-bond donors (Lipinski definition) is 1. The minimum absolute atomic E-state index is 0.170. The van der Waals surface area contributed by atoms with Crippen molar-refractivity contribution >= 4 is 12.2 Å². The molecule has 0 saturated carbocycles. The van der Waals surface area contributed by atoms with Crippen LogP contribution in [0.25, 0.3) is 12.2 Å². The molecule has 8 heteroatoms.